The Hall–Kier alpha value is -2.19. The molecule has 0 aliphatic carbocycles. The number of rotatable bonds is 4. The van der Waals surface area contributed by atoms with Crippen molar-refractivity contribution in [3.05, 3.63) is 47.3 Å². The van der Waals surface area contributed by atoms with E-state index in [1.165, 1.54) is 4.31 Å². The summed E-state index contributed by atoms with van der Waals surface area (Å²) in [5.74, 6) is -0.0451. The molecule has 0 atom stereocenters. The standard InChI is InChI=1S/C18H24N4O3S/c1-14-11-19-21(12-14)13-18(23)20-6-8-22(9-7-20)26(24,25)17-5-4-15(2)16(3)10-17/h4-5,10-12H,6-9,13H2,1-3H3. The topological polar surface area (TPSA) is 75.5 Å². The lowest BCUT2D eigenvalue weighted by Crippen LogP contribution is -2.51. The molecule has 2 heterocycles. The van der Waals surface area contributed by atoms with Crippen LogP contribution in [0.5, 0.6) is 0 Å². The SMILES string of the molecule is Cc1cnn(CC(=O)N2CCN(S(=O)(=O)c3ccc(C)c(C)c3)CC2)c1. The second-order valence-corrected chi connectivity index (χ2v) is 8.68. The zero-order valence-electron chi connectivity index (χ0n) is 15.3. The summed E-state index contributed by atoms with van der Waals surface area (Å²) in [5, 5.41) is 4.12. The van der Waals surface area contributed by atoms with Gasteiger partial charge in [0.05, 0.1) is 11.1 Å². The van der Waals surface area contributed by atoms with Gasteiger partial charge in [-0.2, -0.15) is 9.40 Å². The molecule has 1 fully saturated rings. The molecule has 1 saturated heterocycles. The maximum atomic E-state index is 12.8. The van der Waals surface area contributed by atoms with Crippen LogP contribution in [0.4, 0.5) is 0 Å². The largest absolute Gasteiger partial charge is 0.338 e. The number of aryl methyl sites for hydroxylation is 3. The Morgan fingerprint density at radius 1 is 1.08 bits per heavy atom. The number of sulfonamides is 1. The number of nitrogens with zero attached hydrogens (tertiary/aromatic N) is 4. The summed E-state index contributed by atoms with van der Waals surface area (Å²) in [7, 11) is -3.53. The molecule has 26 heavy (non-hydrogen) atoms. The van der Waals surface area contributed by atoms with Gasteiger partial charge in [0, 0.05) is 32.4 Å². The van der Waals surface area contributed by atoms with Gasteiger partial charge in [-0.25, -0.2) is 8.42 Å². The molecule has 1 aliphatic rings. The summed E-state index contributed by atoms with van der Waals surface area (Å²) >= 11 is 0. The van der Waals surface area contributed by atoms with Crippen molar-refractivity contribution in [1.29, 1.82) is 0 Å². The van der Waals surface area contributed by atoms with E-state index >= 15 is 0 Å². The summed E-state index contributed by atoms with van der Waals surface area (Å²) in [4.78, 5) is 14.4. The van der Waals surface area contributed by atoms with Gasteiger partial charge < -0.3 is 4.90 Å². The minimum absolute atomic E-state index is 0.0451. The van der Waals surface area contributed by atoms with E-state index in [0.717, 1.165) is 16.7 Å². The second-order valence-electron chi connectivity index (χ2n) is 6.75. The molecule has 3 rings (SSSR count). The maximum Gasteiger partial charge on any atom is 0.244 e. The molecular formula is C18H24N4O3S. The molecule has 1 aliphatic heterocycles. The second kappa shape index (κ2) is 7.20. The Morgan fingerprint density at radius 2 is 1.77 bits per heavy atom. The van der Waals surface area contributed by atoms with Crippen molar-refractivity contribution < 1.29 is 13.2 Å². The minimum atomic E-state index is -3.53. The number of hydrogen-bond donors (Lipinski definition) is 0. The van der Waals surface area contributed by atoms with Crippen molar-refractivity contribution in [2.45, 2.75) is 32.2 Å². The number of piperazine rings is 1. The monoisotopic (exact) mass is 376 g/mol. The van der Waals surface area contributed by atoms with E-state index in [1.54, 1.807) is 27.9 Å². The van der Waals surface area contributed by atoms with Crippen LogP contribution in [0.2, 0.25) is 0 Å². The van der Waals surface area contributed by atoms with Gasteiger partial charge in [-0.3, -0.25) is 9.48 Å². The van der Waals surface area contributed by atoms with Gasteiger partial charge in [-0.15, -0.1) is 0 Å². The van der Waals surface area contributed by atoms with Crippen molar-refractivity contribution >= 4 is 15.9 Å². The third kappa shape index (κ3) is 3.81. The van der Waals surface area contributed by atoms with Gasteiger partial charge >= 0.3 is 0 Å². The fraction of sp³-hybridized carbons (Fsp3) is 0.444. The van der Waals surface area contributed by atoms with Gasteiger partial charge in [0.1, 0.15) is 6.54 Å². The molecule has 1 aromatic heterocycles. The van der Waals surface area contributed by atoms with Crippen LogP contribution in [-0.4, -0.2) is 59.5 Å². The summed E-state index contributed by atoms with van der Waals surface area (Å²) < 4.78 is 28.7. The van der Waals surface area contributed by atoms with E-state index in [1.807, 2.05) is 33.0 Å². The molecule has 0 saturated carbocycles. The third-order valence-corrected chi connectivity index (χ3v) is 6.66. The van der Waals surface area contributed by atoms with E-state index in [9.17, 15) is 13.2 Å². The molecular weight excluding hydrogens is 352 g/mol. The highest BCUT2D eigenvalue weighted by Gasteiger charge is 2.30. The fourth-order valence-corrected chi connectivity index (χ4v) is 4.50. The van der Waals surface area contributed by atoms with Crippen molar-refractivity contribution in [2.24, 2.45) is 0 Å². The van der Waals surface area contributed by atoms with E-state index in [-0.39, 0.29) is 12.5 Å². The van der Waals surface area contributed by atoms with Crippen molar-refractivity contribution in [1.82, 2.24) is 19.0 Å². The Balaban J connectivity index is 1.63. The molecule has 0 radical (unpaired) electrons. The highest BCUT2D eigenvalue weighted by molar-refractivity contribution is 7.89. The lowest BCUT2D eigenvalue weighted by molar-refractivity contribution is -0.133. The van der Waals surface area contributed by atoms with Gasteiger partial charge in [0.15, 0.2) is 0 Å². The van der Waals surface area contributed by atoms with Crippen molar-refractivity contribution in [3.8, 4) is 0 Å². The van der Waals surface area contributed by atoms with Gasteiger partial charge in [-0.1, -0.05) is 6.07 Å². The van der Waals surface area contributed by atoms with E-state index < -0.39 is 10.0 Å². The third-order valence-electron chi connectivity index (χ3n) is 4.77. The molecule has 0 N–H and O–H groups in total. The first-order valence-electron chi connectivity index (χ1n) is 8.61. The Morgan fingerprint density at radius 3 is 2.35 bits per heavy atom. The predicted molar refractivity (Wildman–Crippen MR) is 98.2 cm³/mol. The van der Waals surface area contributed by atoms with Gasteiger partial charge in [-0.05, 0) is 49.6 Å². The summed E-state index contributed by atoms with van der Waals surface area (Å²) in [6, 6.07) is 5.19. The zero-order chi connectivity index (χ0) is 18.9. The van der Waals surface area contributed by atoms with Gasteiger partial charge in [0.25, 0.3) is 0 Å². The smallest absolute Gasteiger partial charge is 0.244 e. The van der Waals surface area contributed by atoms with Crippen LogP contribution in [0.3, 0.4) is 0 Å². The Bertz CT molecular complexity index is 912. The highest BCUT2D eigenvalue weighted by atomic mass is 32.2. The molecule has 0 spiro atoms. The lowest BCUT2D eigenvalue weighted by atomic mass is 10.1. The van der Waals surface area contributed by atoms with Gasteiger partial charge in [0.2, 0.25) is 15.9 Å². The first-order valence-corrected chi connectivity index (χ1v) is 10.1. The van der Waals surface area contributed by atoms with Crippen molar-refractivity contribution in [3.63, 3.8) is 0 Å². The number of aromatic nitrogens is 2. The minimum Gasteiger partial charge on any atom is -0.338 e. The Labute approximate surface area is 154 Å². The molecule has 140 valence electrons. The van der Waals surface area contributed by atoms with Crippen LogP contribution in [0.15, 0.2) is 35.5 Å². The predicted octanol–water partition coefficient (Wildman–Crippen LogP) is 1.34. The average Bonchev–Trinajstić information content (AvgIpc) is 3.02. The number of carbonyl (C=O) groups excluding carboxylic acids is 1. The normalized spacial score (nSPS) is 16.0. The van der Waals surface area contributed by atoms with Crippen molar-refractivity contribution in [2.75, 3.05) is 26.2 Å². The van der Waals surface area contributed by atoms with Crippen LogP contribution < -0.4 is 0 Å². The quantitative estimate of drug-likeness (QED) is 0.807. The molecule has 7 nitrogen and oxygen atoms in total. The van der Waals surface area contributed by atoms with Crippen LogP contribution in [0.1, 0.15) is 16.7 Å². The van der Waals surface area contributed by atoms with E-state index in [2.05, 4.69) is 5.10 Å². The molecule has 0 unspecified atom stereocenters. The summed E-state index contributed by atoms with van der Waals surface area (Å²) in [6.07, 6.45) is 3.53. The first-order chi connectivity index (χ1) is 12.3. The van der Waals surface area contributed by atoms with Crippen LogP contribution in [0.25, 0.3) is 0 Å². The zero-order valence-corrected chi connectivity index (χ0v) is 16.2. The van der Waals surface area contributed by atoms with E-state index in [4.69, 9.17) is 0 Å². The molecule has 0 bridgehead atoms. The number of hydrogen-bond acceptors (Lipinski definition) is 4. The van der Waals surface area contributed by atoms with Crippen LogP contribution in [0, 0.1) is 20.8 Å². The lowest BCUT2D eigenvalue weighted by Gasteiger charge is -2.34. The van der Waals surface area contributed by atoms with E-state index in [0.29, 0.717) is 31.1 Å². The highest BCUT2D eigenvalue weighted by Crippen LogP contribution is 2.20. The van der Waals surface area contributed by atoms with Crippen LogP contribution in [-0.2, 0) is 21.4 Å². The summed E-state index contributed by atoms with van der Waals surface area (Å²) in [5.41, 5.74) is 3.02. The fourth-order valence-electron chi connectivity index (χ4n) is 2.99. The number of amides is 1. The summed E-state index contributed by atoms with van der Waals surface area (Å²) in [6.45, 7) is 7.35. The first kappa shape index (κ1) is 18.6. The van der Waals surface area contributed by atoms with Crippen LogP contribution >= 0.6 is 0 Å². The number of carbonyl (C=O) groups is 1. The molecule has 1 amide bonds. The molecule has 8 heteroatoms. The molecule has 2 aromatic rings. The number of benzene rings is 1. The average molecular weight is 376 g/mol. The molecule has 1 aromatic carbocycles. The maximum absolute atomic E-state index is 12.8. The Kier molecular flexibility index (Phi) is 5.15.